The van der Waals surface area contributed by atoms with Crippen LogP contribution in [0, 0.1) is 0 Å². The number of carbonyl (C=O) groups excluding carboxylic acids is 3. The maximum Gasteiger partial charge on any atom is 0.430 e. The minimum atomic E-state index is -5.19. The van der Waals surface area contributed by atoms with E-state index in [2.05, 4.69) is 5.73 Å². The van der Waals surface area contributed by atoms with Crippen molar-refractivity contribution in [1.82, 2.24) is 4.90 Å². The highest BCUT2D eigenvalue weighted by molar-refractivity contribution is 5.78. The fourth-order valence-electron chi connectivity index (χ4n) is 2.58. The Hall–Kier alpha value is -3.68. The molecule has 2 rings (SSSR count). The summed E-state index contributed by atoms with van der Waals surface area (Å²) in [6, 6.07) is 18.7. The Labute approximate surface area is 218 Å². The van der Waals surface area contributed by atoms with Crippen LogP contribution in [0.2, 0.25) is 0 Å². The second-order valence-corrected chi connectivity index (χ2v) is 7.47. The molecule has 1 amide bonds. The summed E-state index contributed by atoms with van der Waals surface area (Å²) >= 11 is 0. The third-order valence-electron chi connectivity index (χ3n) is 4.42. The smallest absolute Gasteiger partial charge is 0.430 e. The number of amides is 1. The number of hydrogen-bond acceptors (Lipinski definition) is 8. The second-order valence-electron chi connectivity index (χ2n) is 7.47. The number of rotatable bonds is 14. The van der Waals surface area contributed by atoms with Crippen LogP contribution in [0.3, 0.4) is 0 Å². The fraction of sp³-hybridized carbons (Fsp3) is 0.400. The minimum absolute atomic E-state index is 0.120. The van der Waals surface area contributed by atoms with Gasteiger partial charge in [0.25, 0.3) is 0 Å². The van der Waals surface area contributed by atoms with Crippen LogP contribution in [0.5, 0.6) is 0 Å². The lowest BCUT2D eigenvalue weighted by Gasteiger charge is -2.21. The predicted molar refractivity (Wildman–Crippen MR) is 125 cm³/mol. The van der Waals surface area contributed by atoms with Crippen molar-refractivity contribution in [3.63, 3.8) is 0 Å². The molecule has 0 aliphatic rings. The van der Waals surface area contributed by atoms with Gasteiger partial charge in [0.1, 0.15) is 25.7 Å². The lowest BCUT2D eigenvalue weighted by Crippen LogP contribution is -2.52. The molecule has 0 heterocycles. The topological polar surface area (TPSA) is 142 Å². The molecule has 2 aromatic carbocycles. The summed E-state index contributed by atoms with van der Waals surface area (Å²) in [4.78, 5) is 34.9. The molecule has 38 heavy (non-hydrogen) atoms. The Morgan fingerprint density at radius 2 is 1.26 bits per heavy atom. The van der Waals surface area contributed by atoms with E-state index in [9.17, 15) is 22.8 Å². The number of alkyl halides is 3. The first-order chi connectivity index (χ1) is 18.1. The van der Waals surface area contributed by atoms with E-state index in [1.807, 2.05) is 60.7 Å². The van der Waals surface area contributed by atoms with Crippen LogP contribution in [0.15, 0.2) is 60.7 Å². The normalized spacial score (nSPS) is 10.6. The lowest BCUT2D eigenvalue weighted by molar-refractivity contribution is -0.374. The molecule has 3 N–H and O–H groups in total. The molecule has 2 aromatic rings. The number of nitrogens with zero attached hydrogens (tertiary/aromatic N) is 1. The van der Waals surface area contributed by atoms with Gasteiger partial charge >= 0.3 is 18.2 Å². The SMILES string of the molecule is O=C([O-])C(F)(F)F.[NH3+]CCOCCOCCN(CC(=O)OCc1ccccc1)C(=O)OCc1ccccc1. The van der Waals surface area contributed by atoms with Gasteiger partial charge in [0, 0.05) is 6.54 Å². The van der Waals surface area contributed by atoms with Gasteiger partial charge in [-0.3, -0.25) is 9.69 Å². The average Bonchev–Trinajstić information content (AvgIpc) is 2.90. The molecule has 0 bridgehead atoms. The Morgan fingerprint density at radius 3 is 1.74 bits per heavy atom. The number of quaternary nitrogens is 1. The Bertz CT molecular complexity index is 947. The molecule has 0 unspecified atom stereocenters. The Balaban J connectivity index is 0.000000905. The Kier molecular flexibility index (Phi) is 15.8. The number of hydrogen-bond donors (Lipinski definition) is 1. The summed E-state index contributed by atoms with van der Waals surface area (Å²) < 4.78 is 53.0. The molecule has 0 fully saturated rings. The van der Waals surface area contributed by atoms with Crippen molar-refractivity contribution in [2.75, 3.05) is 46.1 Å². The zero-order valence-corrected chi connectivity index (χ0v) is 20.7. The van der Waals surface area contributed by atoms with Gasteiger partial charge in [-0.15, -0.1) is 0 Å². The molecule has 0 aromatic heterocycles. The third kappa shape index (κ3) is 15.4. The highest BCUT2D eigenvalue weighted by Crippen LogP contribution is 2.11. The summed E-state index contributed by atoms with van der Waals surface area (Å²) in [5, 5.41) is 8.78. The summed E-state index contributed by atoms with van der Waals surface area (Å²) in [5.74, 6) is -3.52. The van der Waals surface area contributed by atoms with Gasteiger partial charge in [0.2, 0.25) is 0 Å². The zero-order valence-electron chi connectivity index (χ0n) is 20.7. The fourth-order valence-corrected chi connectivity index (χ4v) is 2.58. The van der Waals surface area contributed by atoms with Crippen molar-refractivity contribution < 1.29 is 57.3 Å². The number of halogens is 3. The molecule has 13 heteroatoms. The van der Waals surface area contributed by atoms with Crippen molar-refractivity contribution >= 4 is 18.0 Å². The zero-order chi connectivity index (χ0) is 28.2. The van der Waals surface area contributed by atoms with E-state index in [0.717, 1.165) is 11.1 Å². The van der Waals surface area contributed by atoms with Gasteiger partial charge in [0.15, 0.2) is 0 Å². The van der Waals surface area contributed by atoms with Crippen molar-refractivity contribution in [2.24, 2.45) is 0 Å². The number of carboxylic acid groups (broad SMARTS) is 1. The highest BCUT2D eigenvalue weighted by Gasteiger charge is 2.28. The van der Waals surface area contributed by atoms with E-state index in [0.29, 0.717) is 26.4 Å². The molecular formula is C25H31F3N2O8. The summed E-state index contributed by atoms with van der Waals surface area (Å²) in [5.41, 5.74) is 5.43. The summed E-state index contributed by atoms with van der Waals surface area (Å²) in [6.45, 7) is 2.62. The number of esters is 1. The maximum absolute atomic E-state index is 12.5. The minimum Gasteiger partial charge on any atom is -0.542 e. The molecular weight excluding hydrogens is 513 g/mol. The van der Waals surface area contributed by atoms with Crippen LogP contribution in [-0.4, -0.2) is 75.2 Å². The molecule has 0 atom stereocenters. The van der Waals surface area contributed by atoms with E-state index < -0.39 is 24.2 Å². The van der Waals surface area contributed by atoms with Crippen molar-refractivity contribution in [3.8, 4) is 0 Å². The van der Waals surface area contributed by atoms with Crippen LogP contribution >= 0.6 is 0 Å². The van der Waals surface area contributed by atoms with E-state index in [-0.39, 0.29) is 32.9 Å². The predicted octanol–water partition coefficient (Wildman–Crippen LogP) is 0.942. The number of ether oxygens (including phenoxy) is 4. The average molecular weight is 545 g/mol. The number of benzene rings is 2. The van der Waals surface area contributed by atoms with Crippen LogP contribution < -0.4 is 10.8 Å². The van der Waals surface area contributed by atoms with Crippen molar-refractivity contribution in [1.29, 1.82) is 0 Å². The first-order valence-electron chi connectivity index (χ1n) is 11.5. The lowest BCUT2D eigenvalue weighted by atomic mass is 10.2. The van der Waals surface area contributed by atoms with Gasteiger partial charge in [-0.2, -0.15) is 13.2 Å². The van der Waals surface area contributed by atoms with E-state index in [4.69, 9.17) is 28.8 Å². The van der Waals surface area contributed by atoms with E-state index in [1.54, 1.807) is 0 Å². The van der Waals surface area contributed by atoms with Crippen LogP contribution in [0.4, 0.5) is 18.0 Å². The number of carboxylic acids is 1. The van der Waals surface area contributed by atoms with E-state index in [1.165, 1.54) is 4.90 Å². The number of carbonyl (C=O) groups is 3. The van der Waals surface area contributed by atoms with Gasteiger partial charge in [0.05, 0.1) is 33.0 Å². The molecule has 0 aliphatic heterocycles. The van der Waals surface area contributed by atoms with Crippen LogP contribution in [0.25, 0.3) is 0 Å². The Morgan fingerprint density at radius 1 is 0.789 bits per heavy atom. The van der Waals surface area contributed by atoms with Gasteiger partial charge < -0.3 is 34.6 Å². The van der Waals surface area contributed by atoms with Crippen LogP contribution in [0.1, 0.15) is 11.1 Å². The largest absolute Gasteiger partial charge is 0.542 e. The monoisotopic (exact) mass is 544 g/mol. The van der Waals surface area contributed by atoms with Gasteiger partial charge in [-0.25, -0.2) is 4.79 Å². The maximum atomic E-state index is 12.5. The van der Waals surface area contributed by atoms with Gasteiger partial charge in [-0.1, -0.05) is 60.7 Å². The summed E-state index contributed by atoms with van der Waals surface area (Å²) in [7, 11) is 0. The summed E-state index contributed by atoms with van der Waals surface area (Å²) in [6.07, 6.45) is -5.79. The number of aliphatic carboxylic acids is 1. The van der Waals surface area contributed by atoms with Crippen LogP contribution in [-0.2, 0) is 41.8 Å². The quantitative estimate of drug-likeness (QED) is 0.274. The molecule has 210 valence electrons. The van der Waals surface area contributed by atoms with Crippen molar-refractivity contribution in [3.05, 3.63) is 71.8 Å². The molecule has 10 nitrogen and oxygen atoms in total. The van der Waals surface area contributed by atoms with Gasteiger partial charge in [-0.05, 0) is 11.1 Å². The van der Waals surface area contributed by atoms with E-state index >= 15 is 0 Å². The second kappa shape index (κ2) is 18.5. The molecule has 0 radical (unpaired) electrons. The third-order valence-corrected chi connectivity index (χ3v) is 4.42. The first-order valence-corrected chi connectivity index (χ1v) is 11.5. The molecule has 0 aliphatic carbocycles. The molecule has 0 saturated carbocycles. The highest BCUT2D eigenvalue weighted by atomic mass is 19.4. The molecule has 0 spiro atoms. The van der Waals surface area contributed by atoms with Crippen molar-refractivity contribution in [2.45, 2.75) is 19.4 Å². The molecule has 0 saturated heterocycles. The first kappa shape index (κ1) is 32.3. The standard InChI is InChI=1S/C23H30N2O6.C2HF3O2/c24-11-13-28-15-16-29-14-12-25(23(27)31-19-21-9-5-2-6-10-21)17-22(26)30-18-20-7-3-1-4-8-20;3-2(4,5)1(6)7/h1-10H,11-19,24H2;(H,6,7).